The highest BCUT2D eigenvalue weighted by molar-refractivity contribution is 14.0. The second kappa shape index (κ2) is 12.6. The third-order valence-electron chi connectivity index (χ3n) is 5.20. The van der Waals surface area contributed by atoms with Crippen LogP contribution in [0.15, 0.2) is 4.99 Å². The fourth-order valence-corrected chi connectivity index (χ4v) is 3.44. The number of hydrogen-bond acceptors (Lipinski definition) is 4. The van der Waals surface area contributed by atoms with Crippen LogP contribution in [0.2, 0.25) is 0 Å². The molecule has 7 nitrogen and oxygen atoms in total. The Kier molecular flexibility index (Phi) is 11.4. The number of aromatic nitrogens is 2. The van der Waals surface area contributed by atoms with E-state index in [0.717, 1.165) is 56.9 Å². The van der Waals surface area contributed by atoms with Gasteiger partial charge in [0.25, 0.3) is 0 Å². The summed E-state index contributed by atoms with van der Waals surface area (Å²) in [5.74, 6) is 0.895. The van der Waals surface area contributed by atoms with Crippen molar-refractivity contribution in [2.75, 3.05) is 39.9 Å². The molecule has 2 rings (SSSR count). The molecule has 1 aliphatic rings. The standard InChI is InChI=1S/C20H38N6O.HI/c1-7-21-20(22-10-11-26(12-13-27-6)18-8-9-18)23-15(2)14-19-16(3)24-25(5)17(19)4;/h15,18H,7-14H2,1-6H3,(H2,21,22,23);1H. The molecule has 1 aliphatic carbocycles. The SMILES string of the molecule is CCNC(=NCCN(CCOC)C1CC1)NC(C)Cc1c(C)nn(C)c1C.I. The monoisotopic (exact) mass is 506 g/mol. The van der Waals surface area contributed by atoms with E-state index in [1.165, 1.54) is 24.1 Å². The summed E-state index contributed by atoms with van der Waals surface area (Å²) >= 11 is 0. The Morgan fingerprint density at radius 1 is 1.36 bits per heavy atom. The predicted molar refractivity (Wildman–Crippen MR) is 127 cm³/mol. The van der Waals surface area contributed by atoms with E-state index in [4.69, 9.17) is 9.73 Å². The van der Waals surface area contributed by atoms with Crippen molar-refractivity contribution in [2.45, 2.75) is 59.0 Å². The van der Waals surface area contributed by atoms with Gasteiger partial charge in [-0.2, -0.15) is 5.10 Å². The lowest BCUT2D eigenvalue weighted by Crippen LogP contribution is -2.43. The number of guanidine groups is 1. The maximum atomic E-state index is 5.24. The molecule has 1 aromatic rings. The van der Waals surface area contributed by atoms with E-state index in [1.807, 2.05) is 11.7 Å². The summed E-state index contributed by atoms with van der Waals surface area (Å²) in [6.45, 7) is 13.0. The first-order valence-electron chi connectivity index (χ1n) is 10.2. The quantitative estimate of drug-likeness (QED) is 0.274. The Hall–Kier alpha value is -0.870. The van der Waals surface area contributed by atoms with Gasteiger partial charge < -0.3 is 15.4 Å². The lowest BCUT2D eigenvalue weighted by molar-refractivity contribution is 0.145. The number of ether oxygens (including phenoxy) is 1. The molecule has 28 heavy (non-hydrogen) atoms. The molecule has 1 heterocycles. The summed E-state index contributed by atoms with van der Waals surface area (Å²) in [6.07, 6.45) is 3.57. The van der Waals surface area contributed by atoms with Crippen molar-refractivity contribution in [1.29, 1.82) is 0 Å². The van der Waals surface area contributed by atoms with Crippen molar-refractivity contribution < 1.29 is 4.74 Å². The van der Waals surface area contributed by atoms with Crippen LogP contribution in [0.4, 0.5) is 0 Å². The molecule has 0 saturated heterocycles. The molecular weight excluding hydrogens is 467 g/mol. The van der Waals surface area contributed by atoms with Crippen molar-refractivity contribution in [3.05, 3.63) is 17.0 Å². The second-order valence-electron chi connectivity index (χ2n) is 7.54. The average Bonchev–Trinajstić information content (AvgIpc) is 3.43. The van der Waals surface area contributed by atoms with Gasteiger partial charge in [-0.1, -0.05) is 0 Å². The van der Waals surface area contributed by atoms with E-state index in [-0.39, 0.29) is 30.0 Å². The van der Waals surface area contributed by atoms with Crippen molar-refractivity contribution in [2.24, 2.45) is 12.0 Å². The number of halogens is 1. The van der Waals surface area contributed by atoms with Gasteiger partial charge in [-0.15, -0.1) is 24.0 Å². The molecule has 162 valence electrons. The zero-order valence-electron chi connectivity index (χ0n) is 18.4. The summed E-state index contributed by atoms with van der Waals surface area (Å²) < 4.78 is 7.20. The lowest BCUT2D eigenvalue weighted by atomic mass is 10.1. The van der Waals surface area contributed by atoms with Crippen LogP contribution in [0, 0.1) is 13.8 Å². The van der Waals surface area contributed by atoms with Crippen LogP contribution in [-0.4, -0.2) is 72.6 Å². The van der Waals surface area contributed by atoms with Crippen LogP contribution in [0.25, 0.3) is 0 Å². The van der Waals surface area contributed by atoms with Crippen molar-refractivity contribution in [1.82, 2.24) is 25.3 Å². The Morgan fingerprint density at radius 2 is 2.07 bits per heavy atom. The first kappa shape index (κ1) is 25.2. The molecule has 0 spiro atoms. The molecule has 1 fully saturated rings. The summed E-state index contributed by atoms with van der Waals surface area (Å²) in [5.41, 5.74) is 3.68. The predicted octanol–water partition coefficient (Wildman–Crippen LogP) is 2.25. The normalized spacial score (nSPS) is 15.5. The van der Waals surface area contributed by atoms with E-state index in [0.29, 0.717) is 0 Å². The summed E-state index contributed by atoms with van der Waals surface area (Å²) in [5, 5.41) is 11.4. The number of nitrogens with zero attached hydrogens (tertiary/aromatic N) is 4. The van der Waals surface area contributed by atoms with E-state index < -0.39 is 0 Å². The molecule has 8 heteroatoms. The molecular formula is C20H39IN6O. The van der Waals surface area contributed by atoms with Crippen LogP contribution >= 0.6 is 24.0 Å². The van der Waals surface area contributed by atoms with Crippen molar-refractivity contribution in [3.63, 3.8) is 0 Å². The molecule has 1 unspecified atom stereocenters. The molecule has 0 aliphatic heterocycles. The van der Waals surface area contributed by atoms with Gasteiger partial charge in [-0.25, -0.2) is 0 Å². The number of aryl methyl sites for hydroxylation is 2. The molecule has 0 radical (unpaired) electrons. The van der Waals surface area contributed by atoms with Gasteiger partial charge >= 0.3 is 0 Å². The lowest BCUT2D eigenvalue weighted by Gasteiger charge is -2.21. The van der Waals surface area contributed by atoms with Gasteiger partial charge in [-0.3, -0.25) is 14.6 Å². The van der Waals surface area contributed by atoms with E-state index in [2.05, 4.69) is 48.3 Å². The average molecular weight is 506 g/mol. The second-order valence-corrected chi connectivity index (χ2v) is 7.54. The Bertz CT molecular complexity index is 614. The van der Waals surface area contributed by atoms with Gasteiger partial charge in [0, 0.05) is 51.6 Å². The van der Waals surface area contributed by atoms with Gasteiger partial charge in [0.05, 0.1) is 18.8 Å². The van der Waals surface area contributed by atoms with Gasteiger partial charge in [0.15, 0.2) is 5.96 Å². The van der Waals surface area contributed by atoms with E-state index in [9.17, 15) is 0 Å². The maximum Gasteiger partial charge on any atom is 0.191 e. The highest BCUT2D eigenvalue weighted by atomic mass is 127. The van der Waals surface area contributed by atoms with Crippen LogP contribution in [-0.2, 0) is 18.2 Å². The van der Waals surface area contributed by atoms with Crippen LogP contribution in [0.1, 0.15) is 43.6 Å². The van der Waals surface area contributed by atoms with Crippen molar-refractivity contribution >= 4 is 29.9 Å². The highest BCUT2D eigenvalue weighted by Crippen LogP contribution is 2.26. The highest BCUT2D eigenvalue weighted by Gasteiger charge is 2.28. The molecule has 1 atom stereocenters. The first-order valence-corrected chi connectivity index (χ1v) is 10.2. The third-order valence-corrected chi connectivity index (χ3v) is 5.20. The minimum Gasteiger partial charge on any atom is -0.383 e. The molecule has 0 amide bonds. The van der Waals surface area contributed by atoms with Gasteiger partial charge in [0.2, 0.25) is 0 Å². The van der Waals surface area contributed by atoms with E-state index in [1.54, 1.807) is 7.11 Å². The Balaban J connectivity index is 0.00000392. The Labute approximate surface area is 187 Å². The molecule has 0 bridgehead atoms. The minimum absolute atomic E-state index is 0. The summed E-state index contributed by atoms with van der Waals surface area (Å²) in [6, 6.07) is 1.03. The van der Waals surface area contributed by atoms with Crippen LogP contribution in [0.3, 0.4) is 0 Å². The van der Waals surface area contributed by atoms with Crippen molar-refractivity contribution in [3.8, 4) is 0 Å². The zero-order chi connectivity index (χ0) is 19.8. The molecule has 2 N–H and O–H groups in total. The van der Waals surface area contributed by atoms with Crippen LogP contribution in [0.5, 0.6) is 0 Å². The number of hydrogen-bond donors (Lipinski definition) is 2. The minimum atomic E-state index is 0. The number of aliphatic imine (C=N–C) groups is 1. The largest absolute Gasteiger partial charge is 0.383 e. The first-order chi connectivity index (χ1) is 13.0. The Morgan fingerprint density at radius 3 is 2.61 bits per heavy atom. The van der Waals surface area contributed by atoms with Crippen LogP contribution < -0.4 is 10.6 Å². The summed E-state index contributed by atoms with van der Waals surface area (Å²) in [7, 11) is 3.77. The number of methoxy groups -OCH3 is 1. The molecule has 0 aromatic carbocycles. The number of rotatable bonds is 11. The topological polar surface area (TPSA) is 66.7 Å². The van der Waals surface area contributed by atoms with Gasteiger partial charge in [-0.05, 0) is 52.5 Å². The molecule has 1 saturated carbocycles. The maximum absolute atomic E-state index is 5.24. The summed E-state index contributed by atoms with van der Waals surface area (Å²) in [4.78, 5) is 7.30. The zero-order valence-corrected chi connectivity index (χ0v) is 20.7. The smallest absolute Gasteiger partial charge is 0.191 e. The molecule has 1 aromatic heterocycles. The third kappa shape index (κ3) is 7.87. The van der Waals surface area contributed by atoms with E-state index >= 15 is 0 Å². The number of nitrogens with one attached hydrogen (secondary N) is 2. The fraction of sp³-hybridized carbons (Fsp3) is 0.800. The van der Waals surface area contributed by atoms with Gasteiger partial charge in [0.1, 0.15) is 0 Å². The fourth-order valence-electron chi connectivity index (χ4n) is 3.44.